The van der Waals surface area contributed by atoms with E-state index in [1.54, 1.807) is 16.5 Å². The predicted molar refractivity (Wildman–Crippen MR) is 97.0 cm³/mol. The van der Waals surface area contributed by atoms with Crippen LogP contribution in [0.1, 0.15) is 54.4 Å². The van der Waals surface area contributed by atoms with Crippen molar-refractivity contribution < 1.29 is 9.59 Å². The molecule has 0 N–H and O–H groups in total. The van der Waals surface area contributed by atoms with Gasteiger partial charge in [0.1, 0.15) is 0 Å². The highest BCUT2D eigenvalue weighted by molar-refractivity contribution is 6.43. The quantitative estimate of drug-likeness (QED) is 0.633. The molecule has 0 saturated carbocycles. The third-order valence-electron chi connectivity index (χ3n) is 5.07. The second-order valence-electron chi connectivity index (χ2n) is 6.68. The zero-order valence-electron chi connectivity index (χ0n) is 15.2. The lowest BCUT2D eigenvalue weighted by Gasteiger charge is -2.34. The summed E-state index contributed by atoms with van der Waals surface area (Å²) < 4.78 is 1.74. The molecule has 1 aliphatic rings. The molecule has 25 heavy (non-hydrogen) atoms. The Balaban J connectivity index is 1.92. The zero-order chi connectivity index (χ0) is 18.0. The van der Waals surface area contributed by atoms with Gasteiger partial charge in [0.25, 0.3) is 11.7 Å². The van der Waals surface area contributed by atoms with E-state index in [9.17, 15) is 9.59 Å². The maximum atomic E-state index is 12.9. The van der Waals surface area contributed by atoms with Gasteiger partial charge in [0, 0.05) is 12.6 Å². The number of carbonyl (C=O) groups is 2. The summed E-state index contributed by atoms with van der Waals surface area (Å²) in [5.74, 6) is -0.817. The summed E-state index contributed by atoms with van der Waals surface area (Å²) in [6, 6.07) is 9.85. The van der Waals surface area contributed by atoms with Crippen molar-refractivity contribution >= 4 is 11.7 Å². The lowest BCUT2D eigenvalue weighted by Crippen LogP contribution is -2.46. The van der Waals surface area contributed by atoms with Gasteiger partial charge >= 0.3 is 0 Å². The Labute approximate surface area is 148 Å². The lowest BCUT2D eigenvalue weighted by molar-refractivity contribution is -0.130. The van der Waals surface area contributed by atoms with Crippen LogP contribution >= 0.6 is 0 Å². The van der Waals surface area contributed by atoms with Gasteiger partial charge in [-0.15, -0.1) is 0 Å². The van der Waals surface area contributed by atoms with Crippen LogP contribution in [0, 0.1) is 13.8 Å². The van der Waals surface area contributed by atoms with Crippen molar-refractivity contribution in [1.29, 1.82) is 0 Å². The van der Waals surface area contributed by atoms with Crippen LogP contribution in [-0.4, -0.2) is 39.0 Å². The number of benzene rings is 1. The number of rotatable bonds is 4. The van der Waals surface area contributed by atoms with Gasteiger partial charge in [-0.2, -0.15) is 5.10 Å². The first-order valence-corrected chi connectivity index (χ1v) is 9.01. The second kappa shape index (κ2) is 7.21. The first-order valence-electron chi connectivity index (χ1n) is 9.01. The minimum Gasteiger partial charge on any atom is -0.333 e. The number of likely N-dealkylation sites (tertiary alicyclic amines) is 1. The predicted octanol–water partition coefficient (Wildman–Crippen LogP) is 3.46. The topological polar surface area (TPSA) is 55.2 Å². The van der Waals surface area contributed by atoms with Crippen molar-refractivity contribution in [3.63, 3.8) is 0 Å². The molecular formula is C20H25N3O2. The van der Waals surface area contributed by atoms with Gasteiger partial charge in [-0.3, -0.25) is 9.59 Å². The molecule has 5 nitrogen and oxygen atoms in total. The smallest absolute Gasteiger partial charge is 0.295 e. The summed E-state index contributed by atoms with van der Waals surface area (Å²) in [7, 11) is 0. The van der Waals surface area contributed by atoms with Gasteiger partial charge < -0.3 is 4.90 Å². The number of ketones is 1. The molecule has 0 spiro atoms. The Bertz CT molecular complexity index is 780. The van der Waals surface area contributed by atoms with E-state index in [1.165, 1.54) is 0 Å². The van der Waals surface area contributed by atoms with Crippen molar-refractivity contribution in [2.45, 2.75) is 52.5 Å². The number of hydrogen-bond donors (Lipinski definition) is 0. The number of amides is 1. The highest BCUT2D eigenvalue weighted by Gasteiger charge is 2.33. The summed E-state index contributed by atoms with van der Waals surface area (Å²) in [4.78, 5) is 27.6. The van der Waals surface area contributed by atoms with Crippen LogP contribution in [-0.2, 0) is 4.79 Å². The molecule has 1 amide bonds. The van der Waals surface area contributed by atoms with E-state index in [4.69, 9.17) is 0 Å². The molecule has 2 aromatic rings. The molecule has 1 fully saturated rings. The third kappa shape index (κ3) is 3.23. The zero-order valence-corrected chi connectivity index (χ0v) is 15.2. The number of aromatic nitrogens is 2. The fraction of sp³-hybridized carbons (Fsp3) is 0.450. The van der Waals surface area contributed by atoms with Gasteiger partial charge in [-0.05, 0) is 51.7 Å². The van der Waals surface area contributed by atoms with E-state index in [2.05, 4.69) is 12.0 Å². The van der Waals surface area contributed by atoms with E-state index in [-0.39, 0.29) is 11.9 Å². The highest BCUT2D eigenvalue weighted by Crippen LogP contribution is 2.23. The van der Waals surface area contributed by atoms with Crippen molar-refractivity contribution in [3.8, 4) is 5.69 Å². The van der Waals surface area contributed by atoms with Crippen LogP contribution in [0.3, 0.4) is 0 Å². The SMILES string of the molecule is CCC1CCCCN1C(=O)C(=O)c1c(C)nn(-c2ccccc2)c1C. The summed E-state index contributed by atoms with van der Waals surface area (Å²) in [5.41, 5.74) is 2.64. The van der Waals surface area contributed by atoms with E-state index in [0.717, 1.165) is 31.4 Å². The van der Waals surface area contributed by atoms with Crippen molar-refractivity contribution in [2.75, 3.05) is 6.54 Å². The molecule has 1 unspecified atom stereocenters. The second-order valence-corrected chi connectivity index (χ2v) is 6.68. The molecule has 132 valence electrons. The maximum absolute atomic E-state index is 12.9. The Morgan fingerprint density at radius 1 is 1.16 bits per heavy atom. The molecule has 1 atom stereocenters. The molecule has 0 radical (unpaired) electrons. The average Bonchev–Trinajstić information content (AvgIpc) is 2.95. The number of Topliss-reactive ketones (excluding diaryl/α,β-unsaturated/α-hetero) is 1. The Hall–Kier alpha value is -2.43. The monoisotopic (exact) mass is 339 g/mol. The molecule has 1 aromatic carbocycles. The first kappa shape index (κ1) is 17.4. The molecular weight excluding hydrogens is 314 g/mol. The van der Waals surface area contributed by atoms with Gasteiger partial charge in [0.05, 0.1) is 22.6 Å². The van der Waals surface area contributed by atoms with Crippen molar-refractivity contribution in [1.82, 2.24) is 14.7 Å². The number of nitrogens with zero attached hydrogens (tertiary/aromatic N) is 3. The fourth-order valence-corrected chi connectivity index (χ4v) is 3.72. The van der Waals surface area contributed by atoms with E-state index in [0.29, 0.717) is 23.5 Å². The Kier molecular flexibility index (Phi) is 5.02. The fourth-order valence-electron chi connectivity index (χ4n) is 3.72. The van der Waals surface area contributed by atoms with Gasteiger partial charge in [-0.25, -0.2) is 4.68 Å². The van der Waals surface area contributed by atoms with Crippen LogP contribution in [0.15, 0.2) is 30.3 Å². The average molecular weight is 339 g/mol. The van der Waals surface area contributed by atoms with Gasteiger partial charge in [0.15, 0.2) is 0 Å². The van der Waals surface area contributed by atoms with Crippen LogP contribution in [0.5, 0.6) is 0 Å². The molecule has 2 heterocycles. The number of carbonyl (C=O) groups excluding carboxylic acids is 2. The minimum atomic E-state index is -0.433. The van der Waals surface area contributed by atoms with Crippen molar-refractivity contribution in [3.05, 3.63) is 47.3 Å². The van der Waals surface area contributed by atoms with Crippen LogP contribution in [0.2, 0.25) is 0 Å². The summed E-state index contributed by atoms with van der Waals surface area (Å²) >= 11 is 0. The summed E-state index contributed by atoms with van der Waals surface area (Å²) in [6.45, 7) is 6.39. The molecule has 0 bridgehead atoms. The summed E-state index contributed by atoms with van der Waals surface area (Å²) in [5, 5.41) is 4.49. The van der Waals surface area contributed by atoms with Crippen LogP contribution in [0.4, 0.5) is 0 Å². The number of aryl methyl sites for hydroxylation is 1. The van der Waals surface area contributed by atoms with E-state index < -0.39 is 5.78 Å². The van der Waals surface area contributed by atoms with Crippen LogP contribution < -0.4 is 0 Å². The van der Waals surface area contributed by atoms with Crippen molar-refractivity contribution in [2.24, 2.45) is 0 Å². The van der Waals surface area contributed by atoms with Crippen LogP contribution in [0.25, 0.3) is 5.69 Å². The molecule has 5 heteroatoms. The summed E-state index contributed by atoms with van der Waals surface area (Å²) in [6.07, 6.45) is 3.97. The maximum Gasteiger partial charge on any atom is 0.295 e. The molecule has 1 aliphatic heterocycles. The number of piperidine rings is 1. The van der Waals surface area contributed by atoms with E-state index in [1.807, 2.05) is 37.3 Å². The minimum absolute atomic E-state index is 0.176. The molecule has 1 aromatic heterocycles. The highest BCUT2D eigenvalue weighted by atomic mass is 16.2. The molecule has 1 saturated heterocycles. The number of hydrogen-bond acceptors (Lipinski definition) is 3. The standard InChI is InChI=1S/C20H25N3O2/c1-4-16-10-8-9-13-22(16)20(25)19(24)18-14(2)21-23(15(18)3)17-11-6-5-7-12-17/h5-7,11-12,16H,4,8-10,13H2,1-3H3. The Morgan fingerprint density at radius 3 is 2.56 bits per heavy atom. The Morgan fingerprint density at radius 2 is 1.88 bits per heavy atom. The molecule has 0 aliphatic carbocycles. The first-order chi connectivity index (χ1) is 12.0. The van der Waals surface area contributed by atoms with E-state index >= 15 is 0 Å². The third-order valence-corrected chi connectivity index (χ3v) is 5.07. The lowest BCUT2D eigenvalue weighted by atomic mass is 9.98. The number of para-hydroxylation sites is 1. The van der Waals surface area contributed by atoms with Gasteiger partial charge in [0.2, 0.25) is 0 Å². The molecule has 3 rings (SSSR count). The normalized spacial score (nSPS) is 17.6. The largest absolute Gasteiger partial charge is 0.333 e. The van der Waals surface area contributed by atoms with Gasteiger partial charge in [-0.1, -0.05) is 25.1 Å².